The van der Waals surface area contributed by atoms with Crippen molar-refractivity contribution in [2.75, 3.05) is 25.1 Å². The fraction of sp³-hybridized carbons (Fsp3) is 0.400. The smallest absolute Gasteiger partial charge is 0.343 e. The van der Waals surface area contributed by atoms with Crippen molar-refractivity contribution in [2.45, 2.75) is 25.2 Å². The van der Waals surface area contributed by atoms with Crippen LogP contribution in [0, 0.1) is 0 Å². The second-order valence-corrected chi connectivity index (χ2v) is 7.16. The van der Waals surface area contributed by atoms with Gasteiger partial charge in [0.2, 0.25) is 0 Å². The molecule has 27 heavy (non-hydrogen) atoms. The summed E-state index contributed by atoms with van der Waals surface area (Å²) in [7, 11) is -4.57. The van der Waals surface area contributed by atoms with E-state index in [0.29, 0.717) is 12.0 Å². The van der Waals surface area contributed by atoms with Crippen molar-refractivity contribution in [3.8, 4) is 0 Å². The number of rotatable bonds is 8. The molecule has 0 radical (unpaired) electrons. The summed E-state index contributed by atoms with van der Waals surface area (Å²) in [5.74, 6) is -0.680. The number of aromatic nitrogens is 3. The number of alkyl halides is 1. The van der Waals surface area contributed by atoms with Crippen LogP contribution in [0.25, 0.3) is 5.65 Å². The predicted octanol–water partition coefficient (Wildman–Crippen LogP) is 2.44. The predicted molar refractivity (Wildman–Crippen MR) is 96.4 cm³/mol. The van der Waals surface area contributed by atoms with Gasteiger partial charge in [0.1, 0.15) is 18.1 Å². The van der Waals surface area contributed by atoms with Crippen molar-refractivity contribution in [1.82, 2.24) is 14.6 Å². The average Bonchev–Trinajstić information content (AvgIpc) is 3.05. The Morgan fingerprint density at radius 1 is 1.41 bits per heavy atom. The summed E-state index contributed by atoms with van der Waals surface area (Å²) >= 11 is 6.10. The van der Waals surface area contributed by atoms with Gasteiger partial charge in [-0.1, -0.05) is 18.5 Å². The van der Waals surface area contributed by atoms with Gasteiger partial charge in [-0.25, -0.2) is 14.2 Å². The van der Waals surface area contributed by atoms with Crippen LogP contribution in [0.1, 0.15) is 30.6 Å². The number of carbonyl (C=O) groups excluding carboxylic acids is 1. The van der Waals surface area contributed by atoms with E-state index in [0.717, 1.165) is 16.9 Å². The fourth-order valence-electron chi connectivity index (χ4n) is 2.27. The lowest BCUT2D eigenvalue weighted by Crippen LogP contribution is -2.16. The molecule has 0 spiro atoms. The minimum atomic E-state index is -4.57. The molecule has 0 unspecified atom stereocenters. The van der Waals surface area contributed by atoms with Crippen LogP contribution in [0.4, 0.5) is 10.2 Å². The molecule has 0 aliphatic heterocycles. The Morgan fingerprint density at radius 3 is 2.67 bits per heavy atom. The molecule has 2 N–H and O–H groups in total. The van der Waals surface area contributed by atoms with Crippen LogP contribution in [0.3, 0.4) is 0 Å². The van der Waals surface area contributed by atoms with Gasteiger partial charge >= 0.3 is 5.97 Å². The largest absolute Gasteiger partial charge is 0.462 e. The molecule has 2 rings (SSSR count). The van der Waals surface area contributed by atoms with Gasteiger partial charge in [0.15, 0.2) is 10.5 Å². The van der Waals surface area contributed by atoms with Crippen molar-refractivity contribution in [2.24, 2.45) is 0 Å². The first-order valence-electron chi connectivity index (χ1n) is 7.92. The molecule has 0 amide bonds. The summed E-state index contributed by atoms with van der Waals surface area (Å²) in [6, 6.07) is 0. The molecule has 12 heteroatoms. The third-order valence-corrected chi connectivity index (χ3v) is 4.90. The van der Waals surface area contributed by atoms with E-state index in [-0.39, 0.29) is 35.2 Å². The molecule has 0 saturated carbocycles. The molecule has 0 fully saturated rings. The van der Waals surface area contributed by atoms with Gasteiger partial charge in [-0.3, -0.25) is 4.55 Å². The number of fused-ring (bicyclic) bond motifs is 1. The van der Waals surface area contributed by atoms with Crippen molar-refractivity contribution in [3.05, 3.63) is 28.6 Å². The number of hydrogen-bond acceptors (Lipinski definition) is 7. The lowest BCUT2D eigenvalue weighted by molar-refractivity contribution is 0.0526. The van der Waals surface area contributed by atoms with Gasteiger partial charge in [0.05, 0.1) is 19.3 Å². The van der Waals surface area contributed by atoms with Crippen LogP contribution >= 0.6 is 11.6 Å². The quantitative estimate of drug-likeness (QED) is 0.493. The maximum atomic E-state index is 13.0. The van der Waals surface area contributed by atoms with E-state index in [1.165, 1.54) is 0 Å². The standard InChI is InChI=1S/C15H18ClFN4O5S/c1-3-9(5-17)11(16)7-19-13-10(15(22)26-4-2)6-18-14-12(27(23,24)25)8-20-21(13)14/h6,8,19H,3-5,7H2,1-2H3,(H,23,24,25). The molecule has 9 nitrogen and oxygen atoms in total. The first-order valence-corrected chi connectivity index (χ1v) is 9.73. The highest BCUT2D eigenvalue weighted by Gasteiger charge is 2.24. The number of anilines is 1. The molecular weight excluding hydrogens is 403 g/mol. The zero-order valence-electron chi connectivity index (χ0n) is 14.6. The Bertz CT molecular complexity index is 983. The number of allylic oxidation sites excluding steroid dienone is 1. The Hall–Kier alpha value is -2.24. The van der Waals surface area contributed by atoms with E-state index in [1.807, 2.05) is 0 Å². The average molecular weight is 421 g/mol. The van der Waals surface area contributed by atoms with E-state index in [1.54, 1.807) is 13.8 Å². The lowest BCUT2D eigenvalue weighted by Gasteiger charge is -2.13. The molecule has 0 saturated heterocycles. The topological polar surface area (TPSA) is 123 Å². The van der Waals surface area contributed by atoms with E-state index in [4.69, 9.17) is 16.3 Å². The van der Waals surface area contributed by atoms with Gasteiger partial charge in [0, 0.05) is 11.2 Å². The van der Waals surface area contributed by atoms with Gasteiger partial charge in [-0.15, -0.1) is 0 Å². The molecule has 0 aliphatic carbocycles. The summed E-state index contributed by atoms with van der Waals surface area (Å²) in [5, 5.41) is 6.91. The highest BCUT2D eigenvalue weighted by atomic mass is 35.5. The third-order valence-electron chi connectivity index (χ3n) is 3.65. The van der Waals surface area contributed by atoms with Crippen LogP contribution in [0.15, 0.2) is 27.9 Å². The molecule has 2 heterocycles. The molecule has 2 aromatic heterocycles. The number of halogens is 2. The van der Waals surface area contributed by atoms with E-state index >= 15 is 0 Å². The second-order valence-electron chi connectivity index (χ2n) is 5.31. The van der Waals surface area contributed by atoms with Crippen LogP contribution in [-0.2, 0) is 14.9 Å². The molecule has 2 aromatic rings. The fourth-order valence-corrected chi connectivity index (χ4v) is 3.07. The molecule has 0 atom stereocenters. The van der Waals surface area contributed by atoms with Crippen molar-refractivity contribution < 1.29 is 26.9 Å². The van der Waals surface area contributed by atoms with E-state index < -0.39 is 27.7 Å². The van der Waals surface area contributed by atoms with E-state index in [2.05, 4.69) is 15.4 Å². The Balaban J connectivity index is 2.58. The summed E-state index contributed by atoms with van der Waals surface area (Å²) in [5.41, 5.74) is 0.151. The van der Waals surface area contributed by atoms with Crippen molar-refractivity contribution in [1.29, 1.82) is 0 Å². The first-order chi connectivity index (χ1) is 12.7. The summed E-state index contributed by atoms with van der Waals surface area (Å²) < 4.78 is 51.1. The summed E-state index contributed by atoms with van der Waals surface area (Å²) in [6.45, 7) is 2.71. The number of nitrogens with one attached hydrogen (secondary N) is 1. The Kier molecular flexibility index (Phi) is 6.73. The van der Waals surface area contributed by atoms with Crippen LogP contribution in [0.5, 0.6) is 0 Å². The zero-order chi connectivity index (χ0) is 20.2. The van der Waals surface area contributed by atoms with Crippen molar-refractivity contribution >= 4 is 39.2 Å². The Morgan fingerprint density at radius 2 is 2.11 bits per heavy atom. The minimum absolute atomic E-state index is 0.0305. The normalized spacial score (nSPS) is 12.8. The molecule has 0 aromatic carbocycles. The van der Waals surface area contributed by atoms with Gasteiger partial charge in [-0.2, -0.15) is 18.0 Å². The maximum absolute atomic E-state index is 13.0. The number of nitrogens with zero attached hydrogens (tertiary/aromatic N) is 3. The van der Waals surface area contributed by atoms with Crippen LogP contribution in [0.2, 0.25) is 0 Å². The van der Waals surface area contributed by atoms with Crippen LogP contribution in [-0.4, -0.2) is 53.4 Å². The number of carbonyl (C=O) groups is 1. The lowest BCUT2D eigenvalue weighted by atomic mass is 10.2. The molecule has 148 valence electrons. The first kappa shape index (κ1) is 21.1. The van der Waals surface area contributed by atoms with Gasteiger partial charge < -0.3 is 10.1 Å². The molecule has 0 aliphatic rings. The maximum Gasteiger partial charge on any atom is 0.343 e. The van der Waals surface area contributed by atoms with Crippen LogP contribution < -0.4 is 5.32 Å². The van der Waals surface area contributed by atoms with Gasteiger partial charge in [0.25, 0.3) is 10.1 Å². The third kappa shape index (κ3) is 4.54. The SMILES string of the molecule is CCOC(=O)c1cnc2c(S(=O)(=O)O)cnn2c1NCC(Cl)=C(CC)CF. The van der Waals surface area contributed by atoms with Crippen molar-refractivity contribution in [3.63, 3.8) is 0 Å². The summed E-state index contributed by atoms with van der Waals surface area (Å²) in [6.07, 6.45) is 2.40. The monoisotopic (exact) mass is 420 g/mol. The highest BCUT2D eigenvalue weighted by molar-refractivity contribution is 7.86. The minimum Gasteiger partial charge on any atom is -0.462 e. The zero-order valence-corrected chi connectivity index (χ0v) is 16.1. The number of esters is 1. The van der Waals surface area contributed by atoms with Gasteiger partial charge in [-0.05, 0) is 18.9 Å². The number of hydrogen-bond donors (Lipinski definition) is 2. The molecule has 0 bridgehead atoms. The second kappa shape index (κ2) is 8.63. The summed E-state index contributed by atoms with van der Waals surface area (Å²) in [4.78, 5) is 15.5. The Labute approximate surface area is 159 Å². The van der Waals surface area contributed by atoms with E-state index in [9.17, 15) is 22.2 Å². The highest BCUT2D eigenvalue weighted by Crippen LogP contribution is 2.23. The molecular formula is C15H18ClFN4O5S. The number of ether oxygens (including phenoxy) is 1.